The molecule has 1 aliphatic rings. The van der Waals surface area contributed by atoms with E-state index in [1.54, 1.807) is 0 Å². The van der Waals surface area contributed by atoms with Gasteiger partial charge in [0.05, 0.1) is 19.6 Å². The molecule has 0 bridgehead atoms. The lowest BCUT2D eigenvalue weighted by atomic mass is 9.97. The van der Waals surface area contributed by atoms with Gasteiger partial charge in [-0.25, -0.2) is 9.59 Å². The van der Waals surface area contributed by atoms with Gasteiger partial charge < -0.3 is 23.7 Å². The molecule has 0 aromatic heterocycles. The van der Waals surface area contributed by atoms with E-state index >= 15 is 0 Å². The van der Waals surface area contributed by atoms with E-state index in [1.165, 1.54) is 12.0 Å². The van der Waals surface area contributed by atoms with Gasteiger partial charge in [-0.2, -0.15) is 0 Å². The molecule has 1 saturated carbocycles. The summed E-state index contributed by atoms with van der Waals surface area (Å²) in [5.74, 6) is -0.0587. The maximum atomic E-state index is 12.2. The van der Waals surface area contributed by atoms with Crippen molar-refractivity contribution in [2.24, 2.45) is 0 Å². The molecular formula is C41H46O8. The third-order valence-corrected chi connectivity index (χ3v) is 8.10. The summed E-state index contributed by atoms with van der Waals surface area (Å²) in [6.45, 7) is 10.2. The number of carbonyl (C=O) groups is 3. The summed E-state index contributed by atoms with van der Waals surface area (Å²) in [6.07, 6.45) is 11.6. The standard InChI is InChI=1S/C41H46O8/c1-4-32-29-35(34-18-22-37(23-19-34)45-24-9-25-47-39(42)5-2)17-16-33(32)15-12-31-13-20-36(21-14-31)46-26-27-48-41(44)30(3)28-40(43)49-38-10-7-6-8-11-38/h5,12-23,29,38H,2-4,6-11,24-28H2,1H3/b15-12+. The topological polar surface area (TPSA) is 97.4 Å². The van der Waals surface area contributed by atoms with Gasteiger partial charge in [-0.05, 0) is 84.2 Å². The average molecular weight is 667 g/mol. The van der Waals surface area contributed by atoms with Crippen molar-refractivity contribution in [2.75, 3.05) is 26.4 Å². The van der Waals surface area contributed by atoms with Crippen LogP contribution in [0.5, 0.6) is 11.5 Å². The number of ether oxygens (including phenoxy) is 5. The van der Waals surface area contributed by atoms with Crippen LogP contribution in [0.1, 0.15) is 68.6 Å². The summed E-state index contributed by atoms with van der Waals surface area (Å²) in [4.78, 5) is 35.5. The van der Waals surface area contributed by atoms with Crippen molar-refractivity contribution in [3.8, 4) is 22.6 Å². The highest BCUT2D eigenvalue weighted by molar-refractivity contribution is 5.93. The average Bonchev–Trinajstić information content (AvgIpc) is 3.13. The van der Waals surface area contributed by atoms with Crippen LogP contribution in [-0.4, -0.2) is 50.4 Å². The molecule has 0 aliphatic heterocycles. The zero-order valence-corrected chi connectivity index (χ0v) is 28.3. The summed E-state index contributed by atoms with van der Waals surface area (Å²) in [6, 6.07) is 22.1. The fourth-order valence-corrected chi connectivity index (χ4v) is 5.39. The van der Waals surface area contributed by atoms with Crippen LogP contribution in [-0.2, 0) is 35.0 Å². The molecule has 3 aromatic rings. The van der Waals surface area contributed by atoms with Crippen LogP contribution >= 0.6 is 0 Å². The minimum absolute atomic E-state index is 0.0431. The number of hydrogen-bond acceptors (Lipinski definition) is 8. The summed E-state index contributed by atoms with van der Waals surface area (Å²) >= 11 is 0. The van der Waals surface area contributed by atoms with Crippen molar-refractivity contribution in [2.45, 2.75) is 64.4 Å². The first-order valence-corrected chi connectivity index (χ1v) is 16.9. The van der Waals surface area contributed by atoms with Crippen LogP contribution in [0.4, 0.5) is 0 Å². The number of aryl methyl sites for hydroxylation is 1. The van der Waals surface area contributed by atoms with Crippen LogP contribution in [0.2, 0.25) is 0 Å². The quantitative estimate of drug-likeness (QED) is 0.0440. The Morgan fingerprint density at radius 2 is 1.45 bits per heavy atom. The first-order valence-electron chi connectivity index (χ1n) is 16.9. The van der Waals surface area contributed by atoms with Crippen molar-refractivity contribution >= 4 is 30.1 Å². The van der Waals surface area contributed by atoms with E-state index < -0.39 is 17.9 Å². The van der Waals surface area contributed by atoms with E-state index in [0.717, 1.165) is 66.2 Å². The predicted octanol–water partition coefficient (Wildman–Crippen LogP) is 8.33. The first kappa shape index (κ1) is 36.7. The van der Waals surface area contributed by atoms with E-state index in [-0.39, 0.29) is 31.3 Å². The molecule has 8 nitrogen and oxygen atoms in total. The maximum absolute atomic E-state index is 12.2. The molecule has 3 aromatic carbocycles. The predicted molar refractivity (Wildman–Crippen MR) is 191 cm³/mol. The monoisotopic (exact) mass is 666 g/mol. The van der Waals surface area contributed by atoms with Gasteiger partial charge in [0.2, 0.25) is 0 Å². The lowest BCUT2D eigenvalue weighted by Gasteiger charge is -2.21. The Bertz CT molecular complexity index is 1580. The number of benzene rings is 3. The van der Waals surface area contributed by atoms with Gasteiger partial charge in [0.1, 0.15) is 30.8 Å². The number of rotatable bonds is 18. The van der Waals surface area contributed by atoms with E-state index in [1.807, 2.05) is 48.5 Å². The molecule has 0 N–H and O–H groups in total. The second-order valence-electron chi connectivity index (χ2n) is 11.8. The largest absolute Gasteiger partial charge is 0.493 e. The van der Waals surface area contributed by atoms with E-state index in [2.05, 4.69) is 50.4 Å². The van der Waals surface area contributed by atoms with Crippen LogP contribution in [0.3, 0.4) is 0 Å². The van der Waals surface area contributed by atoms with Crippen molar-refractivity contribution < 1.29 is 38.1 Å². The molecular weight excluding hydrogens is 620 g/mol. The zero-order valence-electron chi connectivity index (χ0n) is 28.3. The molecule has 0 heterocycles. The highest BCUT2D eigenvalue weighted by atomic mass is 16.6. The molecule has 0 saturated heterocycles. The third kappa shape index (κ3) is 12.5. The summed E-state index contributed by atoms with van der Waals surface area (Å²) in [5.41, 5.74) is 5.72. The molecule has 1 aliphatic carbocycles. The van der Waals surface area contributed by atoms with Crippen LogP contribution in [0, 0.1) is 0 Å². The van der Waals surface area contributed by atoms with Gasteiger partial charge in [-0.3, -0.25) is 4.79 Å². The number of hydrogen-bond donors (Lipinski definition) is 0. The number of carbonyl (C=O) groups excluding carboxylic acids is 3. The third-order valence-electron chi connectivity index (χ3n) is 8.10. The summed E-state index contributed by atoms with van der Waals surface area (Å²) in [5, 5.41) is 0. The minimum atomic E-state index is -0.620. The molecule has 8 heteroatoms. The lowest BCUT2D eigenvalue weighted by Crippen LogP contribution is -2.22. The summed E-state index contributed by atoms with van der Waals surface area (Å²) < 4.78 is 27.1. The molecule has 0 unspecified atom stereocenters. The second kappa shape index (κ2) is 19.6. The fourth-order valence-electron chi connectivity index (χ4n) is 5.39. The van der Waals surface area contributed by atoms with Gasteiger partial charge in [-0.15, -0.1) is 0 Å². The van der Waals surface area contributed by atoms with Gasteiger partial charge in [0, 0.05) is 18.1 Å². The Kier molecular flexibility index (Phi) is 14.7. The molecule has 49 heavy (non-hydrogen) atoms. The van der Waals surface area contributed by atoms with Gasteiger partial charge in [0.25, 0.3) is 0 Å². The Hall–Kier alpha value is -5.11. The van der Waals surface area contributed by atoms with Crippen molar-refractivity contribution in [1.29, 1.82) is 0 Å². The Labute approximate surface area is 289 Å². The highest BCUT2D eigenvalue weighted by Gasteiger charge is 2.20. The van der Waals surface area contributed by atoms with Crippen LogP contribution < -0.4 is 9.47 Å². The van der Waals surface area contributed by atoms with Crippen molar-refractivity contribution in [1.82, 2.24) is 0 Å². The summed E-state index contributed by atoms with van der Waals surface area (Å²) in [7, 11) is 0. The Morgan fingerprint density at radius 3 is 2.14 bits per heavy atom. The van der Waals surface area contributed by atoms with Crippen molar-refractivity contribution in [3.05, 3.63) is 108 Å². The van der Waals surface area contributed by atoms with Crippen LogP contribution in [0.25, 0.3) is 23.3 Å². The van der Waals surface area contributed by atoms with Crippen molar-refractivity contribution in [3.63, 3.8) is 0 Å². The first-order chi connectivity index (χ1) is 23.8. The molecule has 4 rings (SSSR count). The zero-order chi connectivity index (χ0) is 34.8. The van der Waals surface area contributed by atoms with E-state index in [4.69, 9.17) is 23.7 Å². The highest BCUT2D eigenvalue weighted by Crippen LogP contribution is 2.27. The molecule has 0 radical (unpaired) electrons. The minimum Gasteiger partial charge on any atom is -0.493 e. The number of esters is 3. The van der Waals surface area contributed by atoms with Gasteiger partial charge in [-0.1, -0.05) is 81.1 Å². The van der Waals surface area contributed by atoms with E-state index in [9.17, 15) is 14.4 Å². The van der Waals surface area contributed by atoms with E-state index in [0.29, 0.717) is 25.4 Å². The smallest absolute Gasteiger partial charge is 0.334 e. The molecule has 1 fully saturated rings. The lowest BCUT2D eigenvalue weighted by molar-refractivity contribution is -0.151. The maximum Gasteiger partial charge on any atom is 0.334 e. The fraction of sp³-hybridized carbons (Fsp3) is 0.341. The Morgan fingerprint density at radius 1 is 0.776 bits per heavy atom. The SMILES string of the molecule is C=CC(=O)OCCCOc1ccc(-c2ccc(/C=C/c3ccc(OCCOC(=O)C(=C)CC(=O)OC4CCCCC4)cc3)c(CC)c2)cc1. The molecule has 0 atom stereocenters. The Balaban J connectivity index is 1.19. The molecule has 0 spiro atoms. The second-order valence-corrected chi connectivity index (χ2v) is 11.8. The molecule has 0 amide bonds. The molecule has 258 valence electrons. The van der Waals surface area contributed by atoms with Crippen LogP contribution in [0.15, 0.2) is 91.5 Å². The normalized spacial score (nSPS) is 13.0. The van der Waals surface area contributed by atoms with Gasteiger partial charge in [0.15, 0.2) is 0 Å². The van der Waals surface area contributed by atoms with Gasteiger partial charge >= 0.3 is 17.9 Å².